The first-order chi connectivity index (χ1) is 12.4. The van der Waals surface area contributed by atoms with Crippen molar-refractivity contribution >= 4 is 12.0 Å². The minimum Gasteiger partial charge on any atom is -0.505 e. The second kappa shape index (κ2) is 5.88. The molecule has 136 valence electrons. The molecule has 3 heterocycles. The van der Waals surface area contributed by atoms with E-state index in [2.05, 4.69) is 53.3 Å². The van der Waals surface area contributed by atoms with Gasteiger partial charge in [0.2, 0.25) is 0 Å². The van der Waals surface area contributed by atoms with E-state index in [1.54, 1.807) is 0 Å². The second-order valence-corrected chi connectivity index (χ2v) is 7.38. The summed E-state index contributed by atoms with van der Waals surface area (Å²) >= 11 is 0. The number of aliphatic imine (C=N–C) groups is 1. The number of hydrogen-bond acceptors (Lipinski definition) is 6. The van der Waals surface area contributed by atoms with E-state index in [-0.39, 0.29) is 5.75 Å². The molecule has 4 rings (SSSR count). The van der Waals surface area contributed by atoms with Gasteiger partial charge in [0.25, 0.3) is 0 Å². The normalized spacial score (nSPS) is 23.0. The zero-order valence-corrected chi connectivity index (χ0v) is 15.3. The van der Waals surface area contributed by atoms with E-state index in [0.717, 1.165) is 25.1 Å². The smallest absolute Gasteiger partial charge is 0.171 e. The maximum Gasteiger partial charge on any atom is 0.171 e. The molecule has 2 aromatic rings. The molecule has 0 amide bonds. The Labute approximate surface area is 152 Å². The summed E-state index contributed by atoms with van der Waals surface area (Å²) < 4.78 is 1.51. The number of aryl methyl sites for hydroxylation is 1. The van der Waals surface area contributed by atoms with Crippen LogP contribution >= 0.6 is 0 Å². The number of hydrogen-bond donors (Lipinski definition) is 3. The largest absolute Gasteiger partial charge is 0.505 e. The molecule has 1 atom stereocenters. The van der Waals surface area contributed by atoms with Crippen LogP contribution in [0.1, 0.15) is 29.2 Å². The van der Waals surface area contributed by atoms with Crippen molar-refractivity contribution in [3.63, 3.8) is 0 Å². The van der Waals surface area contributed by atoms with E-state index in [1.165, 1.54) is 33.8 Å². The SMILES string of the molecule is Cc1cc(C2(C)C=NC(N)=C(n3cc(O)cn3)N2)cc2c1CCN(C)C2. The average molecular weight is 352 g/mol. The predicted octanol–water partition coefficient (Wildman–Crippen LogP) is 1.52. The highest BCUT2D eigenvalue weighted by molar-refractivity contribution is 5.79. The van der Waals surface area contributed by atoms with Crippen molar-refractivity contribution in [1.29, 1.82) is 0 Å². The highest BCUT2D eigenvalue weighted by Crippen LogP contribution is 2.31. The van der Waals surface area contributed by atoms with Crippen molar-refractivity contribution in [2.24, 2.45) is 10.7 Å². The van der Waals surface area contributed by atoms with Crippen LogP contribution in [0.2, 0.25) is 0 Å². The molecule has 2 aliphatic heterocycles. The molecule has 0 spiro atoms. The number of likely N-dealkylation sites (N-methyl/N-ethyl adjacent to an activating group) is 1. The van der Waals surface area contributed by atoms with Gasteiger partial charge in [-0.2, -0.15) is 5.10 Å². The number of rotatable bonds is 2. The Hall–Kier alpha value is -2.80. The van der Waals surface area contributed by atoms with Gasteiger partial charge in [0.15, 0.2) is 17.4 Å². The summed E-state index contributed by atoms with van der Waals surface area (Å²) in [5, 5.41) is 17.2. The van der Waals surface area contributed by atoms with Gasteiger partial charge in [0, 0.05) is 19.3 Å². The number of fused-ring (bicyclic) bond motifs is 1. The highest BCUT2D eigenvalue weighted by Gasteiger charge is 2.32. The minimum absolute atomic E-state index is 0.0796. The van der Waals surface area contributed by atoms with Gasteiger partial charge in [0.1, 0.15) is 0 Å². The number of benzene rings is 1. The van der Waals surface area contributed by atoms with E-state index in [0.29, 0.717) is 11.6 Å². The second-order valence-electron chi connectivity index (χ2n) is 7.38. The third kappa shape index (κ3) is 2.74. The van der Waals surface area contributed by atoms with Crippen LogP contribution in [0.15, 0.2) is 35.3 Å². The molecule has 2 aliphatic rings. The molecule has 0 radical (unpaired) electrons. The zero-order valence-electron chi connectivity index (χ0n) is 15.3. The Balaban J connectivity index is 1.73. The van der Waals surface area contributed by atoms with Gasteiger partial charge in [-0.3, -0.25) is 0 Å². The van der Waals surface area contributed by atoms with E-state index < -0.39 is 5.54 Å². The third-order valence-electron chi connectivity index (χ3n) is 5.23. The molecule has 0 saturated carbocycles. The number of aromatic nitrogens is 2. The van der Waals surface area contributed by atoms with Gasteiger partial charge in [0.05, 0.1) is 17.9 Å². The lowest BCUT2D eigenvalue weighted by Crippen LogP contribution is -2.45. The van der Waals surface area contributed by atoms with E-state index in [4.69, 9.17) is 5.73 Å². The molecule has 0 saturated heterocycles. The van der Waals surface area contributed by atoms with E-state index >= 15 is 0 Å². The number of nitrogens with one attached hydrogen (secondary N) is 1. The number of nitrogens with two attached hydrogens (primary N) is 1. The van der Waals surface area contributed by atoms with Gasteiger partial charge in [-0.05, 0) is 49.6 Å². The fraction of sp³-hybridized carbons (Fsp3) is 0.368. The van der Waals surface area contributed by atoms with Gasteiger partial charge in [-0.1, -0.05) is 12.1 Å². The average Bonchev–Trinajstić information content (AvgIpc) is 3.03. The zero-order chi connectivity index (χ0) is 18.5. The van der Waals surface area contributed by atoms with Crippen LogP contribution < -0.4 is 11.1 Å². The summed E-state index contributed by atoms with van der Waals surface area (Å²) in [6, 6.07) is 4.49. The first-order valence-electron chi connectivity index (χ1n) is 8.74. The molecule has 0 aliphatic carbocycles. The molecule has 7 nitrogen and oxygen atoms in total. The molecule has 0 fully saturated rings. The maximum atomic E-state index is 9.59. The monoisotopic (exact) mass is 352 g/mol. The lowest BCUT2D eigenvalue weighted by Gasteiger charge is -2.35. The Morgan fingerprint density at radius 2 is 2.15 bits per heavy atom. The summed E-state index contributed by atoms with van der Waals surface area (Å²) in [4.78, 5) is 6.74. The molecule has 1 aromatic carbocycles. The van der Waals surface area contributed by atoms with Crippen molar-refractivity contribution in [2.45, 2.75) is 32.4 Å². The molecule has 7 heteroatoms. The molecule has 4 N–H and O–H groups in total. The predicted molar refractivity (Wildman–Crippen MR) is 101 cm³/mol. The van der Waals surface area contributed by atoms with Crippen molar-refractivity contribution in [2.75, 3.05) is 13.6 Å². The standard InChI is InChI=1S/C19H24N6O/c1-12-6-14(7-13-9-24(3)5-4-16(12)13)19(2)11-21-17(20)18(23-19)25-10-15(26)8-22-25/h6-8,10-11,23,26H,4-5,9,20H2,1-3H3. The first kappa shape index (κ1) is 16.7. The van der Waals surface area contributed by atoms with Crippen LogP contribution in [-0.2, 0) is 18.5 Å². The van der Waals surface area contributed by atoms with Crippen LogP contribution in [0.4, 0.5) is 0 Å². The van der Waals surface area contributed by atoms with Crippen LogP contribution in [0.25, 0.3) is 5.82 Å². The third-order valence-corrected chi connectivity index (χ3v) is 5.23. The van der Waals surface area contributed by atoms with Crippen molar-refractivity contribution < 1.29 is 5.11 Å². The first-order valence-corrected chi connectivity index (χ1v) is 8.74. The highest BCUT2D eigenvalue weighted by atomic mass is 16.3. The van der Waals surface area contributed by atoms with Crippen LogP contribution in [0.3, 0.4) is 0 Å². The Bertz CT molecular complexity index is 928. The van der Waals surface area contributed by atoms with Crippen molar-refractivity contribution in [3.8, 4) is 5.75 Å². The van der Waals surface area contributed by atoms with Crippen molar-refractivity contribution in [1.82, 2.24) is 20.0 Å². The van der Waals surface area contributed by atoms with Gasteiger partial charge < -0.3 is 21.1 Å². The topological polar surface area (TPSA) is 91.7 Å². The molecular formula is C19H24N6O. The van der Waals surface area contributed by atoms with Gasteiger partial charge >= 0.3 is 0 Å². The summed E-state index contributed by atoms with van der Waals surface area (Å²) in [6.45, 7) is 6.29. The fourth-order valence-corrected chi connectivity index (χ4v) is 3.72. The number of nitrogens with zero attached hydrogens (tertiary/aromatic N) is 4. The maximum absolute atomic E-state index is 9.59. The quantitative estimate of drug-likeness (QED) is 0.762. The summed E-state index contributed by atoms with van der Waals surface area (Å²) in [7, 11) is 2.15. The molecule has 0 bridgehead atoms. The van der Waals surface area contributed by atoms with Crippen LogP contribution in [0.5, 0.6) is 5.75 Å². The van der Waals surface area contributed by atoms with Crippen LogP contribution in [-0.4, -0.2) is 39.6 Å². The lowest BCUT2D eigenvalue weighted by atomic mass is 9.85. The minimum atomic E-state index is -0.518. The summed E-state index contributed by atoms with van der Waals surface area (Å²) in [6.07, 6.45) is 5.80. The van der Waals surface area contributed by atoms with Gasteiger partial charge in [-0.15, -0.1) is 0 Å². The van der Waals surface area contributed by atoms with Crippen LogP contribution in [0, 0.1) is 6.92 Å². The Morgan fingerprint density at radius 3 is 2.88 bits per heavy atom. The fourth-order valence-electron chi connectivity index (χ4n) is 3.72. The molecule has 1 unspecified atom stereocenters. The summed E-state index contributed by atoms with van der Waals surface area (Å²) in [5.74, 6) is 0.971. The molecular weight excluding hydrogens is 328 g/mol. The molecule has 26 heavy (non-hydrogen) atoms. The Kier molecular flexibility index (Phi) is 3.77. The number of aromatic hydroxyl groups is 1. The molecule has 1 aromatic heterocycles. The summed E-state index contributed by atoms with van der Waals surface area (Å²) in [5.41, 5.74) is 10.8. The van der Waals surface area contributed by atoms with Gasteiger partial charge in [-0.25, -0.2) is 9.67 Å². The van der Waals surface area contributed by atoms with Crippen molar-refractivity contribution in [3.05, 3.63) is 52.6 Å². The Morgan fingerprint density at radius 1 is 1.35 bits per heavy atom. The van der Waals surface area contributed by atoms with E-state index in [9.17, 15) is 5.11 Å². The lowest BCUT2D eigenvalue weighted by molar-refractivity contribution is 0.312. The van der Waals surface area contributed by atoms with E-state index in [1.807, 2.05) is 6.21 Å².